The molecule has 3 aromatic rings. The van der Waals surface area contributed by atoms with E-state index in [0.29, 0.717) is 61.7 Å². The number of aliphatic hydroxyl groups excluding tert-OH is 8. The van der Waals surface area contributed by atoms with Crippen molar-refractivity contribution < 1.29 is 84.6 Å². The van der Waals surface area contributed by atoms with Crippen LogP contribution in [0.1, 0.15) is 38.7 Å². The molecule has 6 rings (SSSR count). The standard InChI is InChI=1S/C23H32N6O4S.C12H22O11.ClH.3H2O/c1-5-8-20-24-16(4)21-23(30)25-22(26-29(20)21)18-15-17(9-10-19(18)33-7-3)34(31,32)28-13-11-27(6-2)12-14-28;13-1-3-5(15)6(16)9(19)12(22-3)23-10-4(2-14)21-11(20)8(18)7(10)17;;;;/h9-10,15H,5-8,11-14H2,1-4H3,(H,25,26,30);3-20H,1-2H2;1H;3*1H2/t;3-,4-,5+,6+,7-,8-,9-,10-,11-,12+;;;;/m.1..../s1. The van der Waals surface area contributed by atoms with Crippen molar-refractivity contribution in [3.63, 3.8) is 0 Å². The maximum Gasteiger partial charge on any atom is 0.299 e. The fraction of sp³-hybridized carbons (Fsp3) is 0.686. The summed E-state index contributed by atoms with van der Waals surface area (Å²) in [5, 5.41) is 79.7. The molecule has 24 nitrogen and oxygen atoms in total. The zero-order valence-electron chi connectivity index (χ0n) is 34.1. The van der Waals surface area contributed by atoms with E-state index >= 15 is 0 Å². The van der Waals surface area contributed by atoms with Gasteiger partial charge in [-0.2, -0.15) is 9.29 Å². The second-order valence-electron chi connectivity index (χ2n) is 13.9. The first kappa shape index (κ1) is 56.0. The van der Waals surface area contributed by atoms with Gasteiger partial charge in [-0.25, -0.2) is 17.9 Å². The number of sulfonamides is 1. The molecule has 352 valence electrons. The van der Waals surface area contributed by atoms with Gasteiger partial charge in [0.25, 0.3) is 5.56 Å². The van der Waals surface area contributed by atoms with Gasteiger partial charge in [0.05, 0.1) is 36.0 Å². The molecule has 3 fully saturated rings. The second-order valence-corrected chi connectivity index (χ2v) is 15.8. The summed E-state index contributed by atoms with van der Waals surface area (Å²) < 4.78 is 51.0. The van der Waals surface area contributed by atoms with E-state index in [-0.39, 0.29) is 39.6 Å². The number of nitrogens with one attached hydrogen (secondary N) is 1. The highest BCUT2D eigenvalue weighted by atomic mass is 35.5. The van der Waals surface area contributed by atoms with Crippen LogP contribution in [0.2, 0.25) is 0 Å². The maximum absolute atomic E-state index is 13.4. The molecular formula is C35H61ClN6O18S. The number of halogens is 1. The molecule has 0 amide bonds. The van der Waals surface area contributed by atoms with E-state index in [1.54, 1.807) is 29.6 Å². The van der Waals surface area contributed by atoms with Crippen molar-refractivity contribution in [2.24, 2.45) is 0 Å². The fourth-order valence-electron chi connectivity index (χ4n) is 6.90. The lowest BCUT2D eigenvalue weighted by atomic mass is 9.97. The molecule has 0 saturated carbocycles. The summed E-state index contributed by atoms with van der Waals surface area (Å²) in [5.41, 5.74) is 0.995. The van der Waals surface area contributed by atoms with E-state index < -0.39 is 90.2 Å². The van der Waals surface area contributed by atoms with Crippen molar-refractivity contribution in [3.8, 4) is 17.1 Å². The number of aromatic amines is 1. The number of nitrogens with zero attached hydrogens (tertiary/aromatic N) is 5. The summed E-state index contributed by atoms with van der Waals surface area (Å²) in [6.07, 6.45) is -14.0. The van der Waals surface area contributed by atoms with Crippen LogP contribution in [0.25, 0.3) is 16.9 Å². The minimum Gasteiger partial charge on any atom is -0.493 e. The molecule has 0 spiro atoms. The minimum atomic E-state index is -3.71. The van der Waals surface area contributed by atoms with Gasteiger partial charge in [-0.15, -0.1) is 12.4 Å². The molecule has 3 saturated heterocycles. The summed E-state index contributed by atoms with van der Waals surface area (Å²) in [6.45, 7) is 9.95. The number of ether oxygens (including phenoxy) is 4. The van der Waals surface area contributed by atoms with Crippen LogP contribution in [-0.4, -0.2) is 208 Å². The number of aliphatic hydroxyl groups is 8. The first-order valence-corrected chi connectivity index (χ1v) is 20.3. The topological polar surface area (TPSA) is 397 Å². The van der Waals surface area contributed by atoms with Crippen molar-refractivity contribution in [3.05, 3.63) is 40.1 Å². The normalized spacial score (nSPS) is 28.3. The summed E-state index contributed by atoms with van der Waals surface area (Å²) in [6, 6.07) is 4.72. The molecule has 3 aliphatic rings. The number of imidazole rings is 1. The van der Waals surface area contributed by atoms with Gasteiger partial charge in [-0.3, -0.25) is 9.89 Å². The number of hydrogen-bond donors (Lipinski definition) is 9. The van der Waals surface area contributed by atoms with E-state index in [2.05, 4.69) is 26.9 Å². The highest BCUT2D eigenvalue weighted by Crippen LogP contribution is 2.32. The minimum absolute atomic E-state index is 0. The van der Waals surface area contributed by atoms with Crippen molar-refractivity contribution in [1.29, 1.82) is 0 Å². The van der Waals surface area contributed by atoms with E-state index in [4.69, 9.17) is 24.1 Å². The molecule has 3 aliphatic heterocycles. The number of piperazine rings is 1. The quantitative estimate of drug-likeness (QED) is 0.0819. The van der Waals surface area contributed by atoms with Crippen molar-refractivity contribution in [2.75, 3.05) is 52.5 Å². The highest BCUT2D eigenvalue weighted by molar-refractivity contribution is 7.89. The molecular weight excluding hydrogens is 860 g/mol. The molecule has 0 radical (unpaired) electrons. The molecule has 26 heteroatoms. The van der Waals surface area contributed by atoms with E-state index in [1.165, 1.54) is 4.31 Å². The zero-order chi connectivity index (χ0) is 41.8. The van der Waals surface area contributed by atoms with Gasteiger partial charge in [-0.05, 0) is 45.0 Å². The van der Waals surface area contributed by atoms with Gasteiger partial charge in [-0.1, -0.05) is 13.8 Å². The zero-order valence-corrected chi connectivity index (χ0v) is 35.7. The molecule has 10 atom stereocenters. The second kappa shape index (κ2) is 24.1. The summed E-state index contributed by atoms with van der Waals surface area (Å²) >= 11 is 0. The Morgan fingerprint density at radius 2 is 1.49 bits per heavy atom. The number of likely N-dealkylation sites (N-methyl/N-ethyl adjacent to an activating group) is 1. The lowest BCUT2D eigenvalue weighted by molar-refractivity contribution is -0.355. The van der Waals surface area contributed by atoms with Crippen LogP contribution in [0.15, 0.2) is 27.9 Å². The molecule has 1 aromatic carbocycles. The number of aryl methyl sites for hydroxylation is 2. The predicted molar refractivity (Wildman–Crippen MR) is 217 cm³/mol. The average Bonchev–Trinajstić information content (AvgIpc) is 3.53. The number of benzene rings is 1. The third-order valence-electron chi connectivity index (χ3n) is 10.1. The first-order chi connectivity index (χ1) is 27.1. The SMILES string of the molecule is CCCc1nc(C)c2c(=O)nc(-c3cc(S(=O)(=O)N4CCN(CC)CC4)ccc3OCC)[nH]n12.Cl.O.O.O.OC[C@H]1O[C@@H](O[C@H]2[C@H](O)[C@@H](O)[C@H](O)O[C@@H]2CO)[C@H](O)[C@@H](O)[C@H]1O. The van der Waals surface area contributed by atoms with Gasteiger partial charge in [0.2, 0.25) is 10.0 Å². The summed E-state index contributed by atoms with van der Waals surface area (Å²) in [4.78, 5) is 24.0. The van der Waals surface area contributed by atoms with Crippen LogP contribution < -0.4 is 10.3 Å². The van der Waals surface area contributed by atoms with Gasteiger partial charge in [0, 0.05) is 32.6 Å². The monoisotopic (exact) mass is 920 g/mol. The Morgan fingerprint density at radius 1 is 0.852 bits per heavy atom. The van der Waals surface area contributed by atoms with Crippen LogP contribution in [0.4, 0.5) is 0 Å². The van der Waals surface area contributed by atoms with Crippen LogP contribution in [0.5, 0.6) is 5.75 Å². The third-order valence-corrected chi connectivity index (χ3v) is 12.0. The van der Waals surface area contributed by atoms with Gasteiger partial charge < -0.3 is 81.1 Å². The highest BCUT2D eigenvalue weighted by Gasteiger charge is 2.50. The number of rotatable bonds is 12. The maximum atomic E-state index is 13.4. The Kier molecular flexibility index (Phi) is 22.2. The summed E-state index contributed by atoms with van der Waals surface area (Å²) in [5.74, 6) is 1.42. The van der Waals surface area contributed by atoms with Crippen LogP contribution in [0, 0.1) is 6.92 Å². The number of aromatic nitrogens is 4. The number of H-pyrrole nitrogens is 1. The molecule has 0 bridgehead atoms. The molecule has 2 aromatic heterocycles. The van der Waals surface area contributed by atoms with Crippen LogP contribution in [0.3, 0.4) is 0 Å². The lowest BCUT2D eigenvalue weighted by Gasteiger charge is -2.45. The Morgan fingerprint density at radius 3 is 2.07 bits per heavy atom. The Hall–Kier alpha value is -3.03. The van der Waals surface area contributed by atoms with Crippen LogP contribution >= 0.6 is 12.4 Å². The fourth-order valence-corrected chi connectivity index (χ4v) is 8.35. The lowest BCUT2D eigenvalue weighted by Crippen LogP contribution is -2.64. The van der Waals surface area contributed by atoms with Crippen LogP contribution in [-0.2, 0) is 30.7 Å². The predicted octanol–water partition coefficient (Wildman–Crippen LogP) is -5.38. The molecule has 5 heterocycles. The van der Waals surface area contributed by atoms with E-state index in [0.717, 1.165) is 18.8 Å². The largest absolute Gasteiger partial charge is 0.493 e. The third kappa shape index (κ3) is 12.0. The average molecular weight is 921 g/mol. The van der Waals surface area contributed by atoms with Gasteiger partial charge in [0.15, 0.2) is 23.9 Å². The van der Waals surface area contributed by atoms with Crippen molar-refractivity contribution >= 4 is 27.9 Å². The smallest absolute Gasteiger partial charge is 0.299 e. The molecule has 0 aliphatic carbocycles. The Labute approximate surface area is 357 Å². The number of hydrogen-bond acceptors (Lipinski definition) is 18. The van der Waals surface area contributed by atoms with E-state index in [9.17, 15) is 49.0 Å². The molecule has 15 N–H and O–H groups in total. The van der Waals surface area contributed by atoms with Gasteiger partial charge >= 0.3 is 0 Å². The number of fused-ring (bicyclic) bond motifs is 1. The molecule has 61 heavy (non-hydrogen) atoms. The van der Waals surface area contributed by atoms with Gasteiger partial charge in [0.1, 0.15) is 60.4 Å². The van der Waals surface area contributed by atoms with Crippen molar-refractivity contribution in [1.82, 2.24) is 28.8 Å². The Balaban J connectivity index is 0.000000611. The summed E-state index contributed by atoms with van der Waals surface area (Å²) in [7, 11) is -3.71. The molecule has 0 unspecified atom stereocenters. The Bertz CT molecular complexity index is 1970. The van der Waals surface area contributed by atoms with E-state index in [1.807, 2.05) is 13.8 Å². The van der Waals surface area contributed by atoms with Crippen molar-refractivity contribution in [2.45, 2.75) is 107 Å². The first-order valence-electron chi connectivity index (χ1n) is 18.9.